The van der Waals surface area contributed by atoms with Gasteiger partial charge >= 0.3 is 17.9 Å². The molecule has 1 aliphatic rings. The SMILES string of the molecule is C=C(C)C(=O)ON=Cc1c2ccccc2cc2ccccc12.C=CC(=O)OCCCCOC(=O)C(=C)CCC1CO1. The van der Waals surface area contributed by atoms with Gasteiger partial charge in [-0.3, -0.25) is 0 Å². The number of fused-ring (bicyclic) bond motifs is 2. The van der Waals surface area contributed by atoms with Crippen molar-refractivity contribution in [3.05, 3.63) is 97.1 Å². The molecule has 0 radical (unpaired) electrons. The molecule has 8 heteroatoms. The predicted octanol–water partition coefficient (Wildman–Crippen LogP) is 6.22. The first-order chi connectivity index (χ1) is 19.8. The molecule has 0 aromatic heterocycles. The molecular formula is C33H35NO7. The molecule has 8 nitrogen and oxygen atoms in total. The van der Waals surface area contributed by atoms with Crippen molar-refractivity contribution in [3.8, 4) is 0 Å². The first kappa shape index (κ1) is 31.0. The molecule has 0 N–H and O–H groups in total. The molecule has 0 aliphatic carbocycles. The summed E-state index contributed by atoms with van der Waals surface area (Å²) in [6.07, 6.45) is 5.74. The van der Waals surface area contributed by atoms with Crippen molar-refractivity contribution in [1.29, 1.82) is 0 Å². The van der Waals surface area contributed by atoms with E-state index in [2.05, 4.69) is 43.1 Å². The lowest BCUT2D eigenvalue weighted by molar-refractivity contribution is -0.141. The molecule has 0 spiro atoms. The number of rotatable bonds is 13. The lowest BCUT2D eigenvalue weighted by Crippen LogP contribution is -2.10. The van der Waals surface area contributed by atoms with E-state index < -0.39 is 11.9 Å². The van der Waals surface area contributed by atoms with E-state index in [4.69, 9.17) is 19.0 Å². The van der Waals surface area contributed by atoms with Crippen molar-refractivity contribution in [2.45, 2.75) is 38.7 Å². The van der Waals surface area contributed by atoms with Crippen LogP contribution in [0.25, 0.3) is 21.5 Å². The van der Waals surface area contributed by atoms with Gasteiger partial charge in [-0.1, -0.05) is 73.4 Å². The molecule has 4 rings (SSSR count). The summed E-state index contributed by atoms with van der Waals surface area (Å²) >= 11 is 0. The Hall–Kier alpha value is -4.56. The molecule has 1 aliphatic heterocycles. The summed E-state index contributed by atoms with van der Waals surface area (Å²) < 4.78 is 14.9. The Morgan fingerprint density at radius 3 is 2.10 bits per heavy atom. The van der Waals surface area contributed by atoms with Gasteiger partial charge in [0.1, 0.15) is 0 Å². The first-order valence-electron chi connectivity index (χ1n) is 13.4. The lowest BCUT2D eigenvalue weighted by Gasteiger charge is -2.07. The standard InChI is InChI=1S/C19H15NO2.C14H20O5/c1-13(2)19(21)22-20-12-18-16-9-5-3-7-14(16)11-15-8-4-6-10-17(15)18;1-3-13(15)17-8-4-5-9-18-14(16)11(2)6-7-12-10-19-12/h3-12H,1H2,2H3;3,12H,1-2,4-10H2. The minimum absolute atomic E-state index is 0.295. The van der Waals surface area contributed by atoms with Gasteiger partial charge in [0.05, 0.1) is 32.1 Å². The highest BCUT2D eigenvalue weighted by atomic mass is 16.7. The zero-order valence-corrected chi connectivity index (χ0v) is 23.3. The number of hydrogen-bond donors (Lipinski definition) is 0. The Morgan fingerprint density at radius 2 is 1.54 bits per heavy atom. The summed E-state index contributed by atoms with van der Waals surface area (Å²) in [7, 11) is 0. The van der Waals surface area contributed by atoms with Crippen molar-refractivity contribution < 1.29 is 33.4 Å². The fourth-order valence-corrected chi connectivity index (χ4v) is 3.77. The monoisotopic (exact) mass is 557 g/mol. The second-order valence-electron chi connectivity index (χ2n) is 9.44. The largest absolute Gasteiger partial charge is 0.463 e. The Balaban J connectivity index is 0.000000229. The molecule has 1 fully saturated rings. The molecule has 214 valence electrons. The van der Waals surface area contributed by atoms with E-state index in [1.54, 1.807) is 13.1 Å². The van der Waals surface area contributed by atoms with Crippen LogP contribution in [-0.4, -0.2) is 50.0 Å². The smallest absolute Gasteiger partial charge is 0.360 e. The highest BCUT2D eigenvalue weighted by Crippen LogP contribution is 2.27. The van der Waals surface area contributed by atoms with Crippen molar-refractivity contribution >= 4 is 45.7 Å². The van der Waals surface area contributed by atoms with Gasteiger partial charge < -0.3 is 19.0 Å². The number of nitrogens with zero attached hydrogens (tertiary/aromatic N) is 1. The third-order valence-electron chi connectivity index (χ3n) is 6.12. The van der Waals surface area contributed by atoms with Gasteiger partial charge in [-0.15, -0.1) is 0 Å². The second kappa shape index (κ2) is 15.9. The summed E-state index contributed by atoms with van der Waals surface area (Å²) in [4.78, 5) is 38.5. The average Bonchev–Trinajstić information content (AvgIpc) is 3.81. The topological polar surface area (TPSA) is 104 Å². The Kier molecular flexibility index (Phi) is 12.0. The van der Waals surface area contributed by atoms with Crippen LogP contribution < -0.4 is 0 Å². The fourth-order valence-electron chi connectivity index (χ4n) is 3.77. The zero-order valence-electron chi connectivity index (χ0n) is 23.3. The quantitative estimate of drug-likeness (QED) is 0.0359. The maximum absolute atomic E-state index is 11.5. The van der Waals surface area contributed by atoms with E-state index in [0.717, 1.165) is 46.2 Å². The highest BCUT2D eigenvalue weighted by Gasteiger charge is 2.23. The molecule has 0 saturated carbocycles. The maximum Gasteiger partial charge on any atom is 0.360 e. The number of carbonyl (C=O) groups excluding carboxylic acids is 3. The van der Waals surface area contributed by atoms with E-state index in [9.17, 15) is 14.4 Å². The van der Waals surface area contributed by atoms with Crippen LogP contribution in [0.4, 0.5) is 0 Å². The van der Waals surface area contributed by atoms with Crippen LogP contribution in [0.3, 0.4) is 0 Å². The number of hydrogen-bond acceptors (Lipinski definition) is 8. The normalized spacial score (nSPS) is 13.6. The fraction of sp³-hybridized carbons (Fsp3) is 0.273. The summed E-state index contributed by atoms with van der Waals surface area (Å²) in [6, 6.07) is 18.3. The van der Waals surface area contributed by atoms with Gasteiger partial charge in [0, 0.05) is 22.8 Å². The number of epoxide rings is 1. The van der Waals surface area contributed by atoms with Gasteiger partial charge in [-0.25, -0.2) is 14.4 Å². The maximum atomic E-state index is 11.5. The summed E-state index contributed by atoms with van der Waals surface area (Å²) in [6.45, 7) is 13.5. The summed E-state index contributed by atoms with van der Waals surface area (Å²) in [5.41, 5.74) is 1.73. The number of benzene rings is 3. The molecule has 41 heavy (non-hydrogen) atoms. The average molecular weight is 558 g/mol. The van der Waals surface area contributed by atoms with Gasteiger partial charge in [0.15, 0.2) is 0 Å². The highest BCUT2D eigenvalue weighted by molar-refractivity contribution is 6.13. The van der Waals surface area contributed by atoms with E-state index in [1.807, 2.05) is 36.4 Å². The molecule has 0 amide bonds. The van der Waals surface area contributed by atoms with Crippen molar-refractivity contribution in [2.24, 2.45) is 5.16 Å². The molecular weight excluding hydrogens is 522 g/mol. The first-order valence-corrected chi connectivity index (χ1v) is 13.4. The van der Waals surface area contributed by atoms with Gasteiger partial charge in [0.25, 0.3) is 0 Å². The van der Waals surface area contributed by atoms with Gasteiger partial charge in [-0.05, 0) is 60.2 Å². The summed E-state index contributed by atoms with van der Waals surface area (Å²) in [5, 5.41) is 8.20. The van der Waals surface area contributed by atoms with Crippen molar-refractivity contribution in [1.82, 2.24) is 0 Å². The Morgan fingerprint density at radius 1 is 0.951 bits per heavy atom. The minimum atomic E-state index is -0.527. The summed E-state index contributed by atoms with van der Waals surface area (Å²) in [5.74, 6) is -1.32. The van der Waals surface area contributed by atoms with Crippen LogP contribution >= 0.6 is 0 Å². The minimum Gasteiger partial charge on any atom is -0.463 e. The molecule has 3 aromatic rings. The number of carbonyl (C=O) groups is 3. The molecule has 1 atom stereocenters. The lowest BCUT2D eigenvalue weighted by atomic mass is 9.97. The number of esters is 2. The van der Waals surface area contributed by atoms with Gasteiger partial charge in [-0.2, -0.15) is 0 Å². The van der Waals surface area contributed by atoms with Crippen molar-refractivity contribution in [3.63, 3.8) is 0 Å². The Bertz CT molecular complexity index is 1400. The number of ether oxygens (including phenoxy) is 3. The van der Waals surface area contributed by atoms with Crippen LogP contribution in [0.2, 0.25) is 0 Å². The zero-order chi connectivity index (χ0) is 29.6. The third kappa shape index (κ3) is 10.2. The van der Waals surface area contributed by atoms with E-state index in [0.29, 0.717) is 49.7 Å². The van der Waals surface area contributed by atoms with Crippen LogP contribution in [0.15, 0.2) is 96.7 Å². The Labute approximate surface area is 239 Å². The van der Waals surface area contributed by atoms with Crippen LogP contribution in [-0.2, 0) is 33.4 Å². The van der Waals surface area contributed by atoms with Gasteiger partial charge in [0.2, 0.25) is 0 Å². The van der Waals surface area contributed by atoms with E-state index in [-0.39, 0.29) is 5.97 Å². The van der Waals surface area contributed by atoms with Crippen LogP contribution in [0, 0.1) is 0 Å². The van der Waals surface area contributed by atoms with E-state index >= 15 is 0 Å². The molecule has 1 saturated heterocycles. The molecule has 1 unspecified atom stereocenters. The van der Waals surface area contributed by atoms with E-state index in [1.165, 1.54) is 0 Å². The second-order valence-corrected chi connectivity index (χ2v) is 9.44. The third-order valence-corrected chi connectivity index (χ3v) is 6.12. The number of oxime groups is 1. The molecule has 1 heterocycles. The van der Waals surface area contributed by atoms with Crippen LogP contribution in [0.1, 0.15) is 38.2 Å². The van der Waals surface area contributed by atoms with Crippen LogP contribution in [0.5, 0.6) is 0 Å². The number of unbranched alkanes of at least 4 members (excludes halogenated alkanes) is 1. The predicted molar refractivity (Wildman–Crippen MR) is 159 cm³/mol. The molecule has 3 aromatic carbocycles. The molecule has 0 bridgehead atoms. The van der Waals surface area contributed by atoms with Crippen molar-refractivity contribution in [2.75, 3.05) is 19.8 Å².